The molecule has 1 aliphatic heterocycles. The zero-order chi connectivity index (χ0) is 15.3. The highest BCUT2D eigenvalue weighted by Gasteiger charge is 2.41. The van der Waals surface area contributed by atoms with Crippen LogP contribution >= 0.6 is 0 Å². The van der Waals surface area contributed by atoms with Gasteiger partial charge in [-0.15, -0.1) is 0 Å². The summed E-state index contributed by atoms with van der Waals surface area (Å²) in [4.78, 5) is 0.126. The normalized spacial score (nSPS) is 23.6. The zero-order valence-corrected chi connectivity index (χ0v) is 12.3. The quantitative estimate of drug-likeness (QED) is 0.881. The van der Waals surface area contributed by atoms with Crippen LogP contribution in [0.1, 0.15) is 23.1 Å². The number of fused-ring (bicyclic) bond motifs is 1. The molecule has 0 saturated carbocycles. The van der Waals surface area contributed by atoms with Crippen LogP contribution in [0.25, 0.3) is 0 Å². The van der Waals surface area contributed by atoms with Crippen molar-refractivity contribution in [3.8, 4) is 0 Å². The van der Waals surface area contributed by atoms with Crippen molar-refractivity contribution in [1.82, 2.24) is 0 Å². The van der Waals surface area contributed by atoms with Gasteiger partial charge in [0.25, 0.3) is 0 Å². The third-order valence-corrected chi connectivity index (χ3v) is 5.69. The van der Waals surface area contributed by atoms with Crippen LogP contribution in [-0.4, -0.2) is 19.3 Å². The number of aryl methyl sites for hydroxylation is 1. The van der Waals surface area contributed by atoms with E-state index in [2.05, 4.69) is 0 Å². The van der Waals surface area contributed by atoms with Crippen LogP contribution in [-0.2, 0) is 15.4 Å². The number of aliphatic hydroxyl groups is 1. The predicted molar refractivity (Wildman–Crippen MR) is 77.2 cm³/mol. The van der Waals surface area contributed by atoms with E-state index >= 15 is 0 Å². The first-order valence-electron chi connectivity index (χ1n) is 6.65. The van der Waals surface area contributed by atoms with Gasteiger partial charge in [-0.1, -0.05) is 24.3 Å². The number of hydrogen-bond acceptors (Lipinski definition) is 3. The van der Waals surface area contributed by atoms with E-state index in [0.29, 0.717) is 16.7 Å². The fraction of sp³-hybridized carbons (Fsp3) is 0.250. The third-order valence-electron chi connectivity index (χ3n) is 3.92. The molecule has 2 aromatic rings. The maximum atomic E-state index is 13.7. The molecule has 1 N–H and O–H groups in total. The summed E-state index contributed by atoms with van der Waals surface area (Å²) in [5.41, 5.74) is -0.0812. The van der Waals surface area contributed by atoms with Crippen molar-refractivity contribution < 1.29 is 17.9 Å². The van der Waals surface area contributed by atoms with Gasteiger partial charge in [0.05, 0.1) is 10.6 Å². The second-order valence-electron chi connectivity index (χ2n) is 5.44. The van der Waals surface area contributed by atoms with E-state index in [1.165, 1.54) is 18.2 Å². The lowest BCUT2D eigenvalue weighted by Gasteiger charge is -2.34. The minimum absolute atomic E-state index is 0.0231. The third kappa shape index (κ3) is 2.26. The van der Waals surface area contributed by atoms with E-state index in [1.54, 1.807) is 31.2 Å². The first kappa shape index (κ1) is 14.2. The standard InChI is InChI=1S/C16H15FO3S/c1-11-8-12(10-13(17)9-11)16(18)6-7-21(19,20)15-5-3-2-4-14(15)16/h2-5,8-10,18H,6-7H2,1H3. The average molecular weight is 306 g/mol. The summed E-state index contributed by atoms with van der Waals surface area (Å²) in [7, 11) is -3.40. The summed E-state index contributed by atoms with van der Waals surface area (Å²) in [6.45, 7) is 1.74. The van der Waals surface area contributed by atoms with E-state index in [1.807, 2.05) is 0 Å². The van der Waals surface area contributed by atoms with Gasteiger partial charge in [-0.05, 0) is 42.7 Å². The van der Waals surface area contributed by atoms with Crippen LogP contribution in [0, 0.1) is 12.7 Å². The van der Waals surface area contributed by atoms with E-state index in [4.69, 9.17) is 0 Å². The molecule has 1 aliphatic rings. The molecule has 0 aromatic heterocycles. The maximum Gasteiger partial charge on any atom is 0.178 e. The molecule has 0 amide bonds. The number of halogens is 1. The molecular weight excluding hydrogens is 291 g/mol. The topological polar surface area (TPSA) is 54.4 Å². The monoisotopic (exact) mass is 306 g/mol. The van der Waals surface area contributed by atoms with Gasteiger partial charge < -0.3 is 5.11 Å². The highest BCUT2D eigenvalue weighted by molar-refractivity contribution is 7.91. The summed E-state index contributed by atoms with van der Waals surface area (Å²) >= 11 is 0. The van der Waals surface area contributed by atoms with Crippen LogP contribution in [0.4, 0.5) is 4.39 Å². The van der Waals surface area contributed by atoms with Crippen molar-refractivity contribution in [1.29, 1.82) is 0 Å². The number of hydrogen-bond donors (Lipinski definition) is 1. The summed E-state index contributed by atoms with van der Waals surface area (Å²) in [6.07, 6.45) is 0.0231. The van der Waals surface area contributed by atoms with Crippen LogP contribution in [0.5, 0.6) is 0 Å². The van der Waals surface area contributed by atoms with Gasteiger partial charge in [0.15, 0.2) is 9.84 Å². The van der Waals surface area contributed by atoms with Crippen molar-refractivity contribution in [2.45, 2.75) is 23.8 Å². The Balaban J connectivity index is 2.27. The van der Waals surface area contributed by atoms with Crippen LogP contribution in [0.15, 0.2) is 47.4 Å². The Morgan fingerprint density at radius 3 is 2.62 bits per heavy atom. The highest BCUT2D eigenvalue weighted by atomic mass is 32.2. The van der Waals surface area contributed by atoms with E-state index in [0.717, 1.165) is 0 Å². The average Bonchev–Trinajstić information content (AvgIpc) is 2.43. The van der Waals surface area contributed by atoms with Gasteiger partial charge in [0, 0.05) is 5.56 Å². The van der Waals surface area contributed by atoms with Gasteiger partial charge in [0.2, 0.25) is 0 Å². The molecule has 3 rings (SSSR count). The SMILES string of the molecule is Cc1cc(F)cc(C2(O)CCS(=O)(=O)c3ccccc32)c1. The molecule has 1 unspecified atom stereocenters. The molecule has 110 valence electrons. The molecule has 1 atom stereocenters. The van der Waals surface area contributed by atoms with Gasteiger partial charge in [-0.3, -0.25) is 0 Å². The lowest BCUT2D eigenvalue weighted by Crippen LogP contribution is -2.36. The van der Waals surface area contributed by atoms with E-state index < -0.39 is 21.3 Å². The lowest BCUT2D eigenvalue weighted by atomic mass is 9.83. The lowest BCUT2D eigenvalue weighted by molar-refractivity contribution is 0.0714. The van der Waals surface area contributed by atoms with Crippen molar-refractivity contribution in [2.75, 3.05) is 5.75 Å². The number of sulfone groups is 1. The molecular formula is C16H15FO3S. The second-order valence-corrected chi connectivity index (χ2v) is 7.52. The summed E-state index contributed by atoms with van der Waals surface area (Å²) in [5, 5.41) is 11.0. The van der Waals surface area contributed by atoms with E-state index in [-0.39, 0.29) is 17.1 Å². The molecule has 5 heteroatoms. The fourth-order valence-electron chi connectivity index (χ4n) is 2.88. The maximum absolute atomic E-state index is 13.7. The largest absolute Gasteiger partial charge is 0.380 e. The van der Waals surface area contributed by atoms with Crippen molar-refractivity contribution >= 4 is 9.84 Å². The Labute approximate surface area is 123 Å². The predicted octanol–water partition coefficient (Wildman–Crippen LogP) is 2.55. The molecule has 21 heavy (non-hydrogen) atoms. The molecule has 0 fully saturated rings. The summed E-state index contributed by atoms with van der Waals surface area (Å²) in [6, 6.07) is 10.7. The Hall–Kier alpha value is -1.72. The molecule has 0 radical (unpaired) electrons. The molecule has 3 nitrogen and oxygen atoms in total. The Morgan fingerprint density at radius 2 is 1.90 bits per heavy atom. The summed E-state index contributed by atoms with van der Waals surface area (Å²) in [5.74, 6) is -0.597. The number of rotatable bonds is 1. The van der Waals surface area contributed by atoms with Gasteiger partial charge in [-0.2, -0.15) is 0 Å². The highest BCUT2D eigenvalue weighted by Crippen LogP contribution is 2.41. The minimum Gasteiger partial charge on any atom is -0.380 e. The van der Waals surface area contributed by atoms with Gasteiger partial charge >= 0.3 is 0 Å². The zero-order valence-electron chi connectivity index (χ0n) is 11.5. The number of benzene rings is 2. The Morgan fingerprint density at radius 1 is 1.19 bits per heavy atom. The minimum atomic E-state index is -3.40. The molecule has 0 bridgehead atoms. The molecule has 2 aromatic carbocycles. The van der Waals surface area contributed by atoms with E-state index in [9.17, 15) is 17.9 Å². The Bertz CT molecular complexity index is 794. The van der Waals surface area contributed by atoms with Crippen LogP contribution < -0.4 is 0 Å². The summed E-state index contributed by atoms with van der Waals surface area (Å²) < 4.78 is 37.9. The van der Waals surface area contributed by atoms with Crippen molar-refractivity contribution in [3.05, 3.63) is 65.0 Å². The van der Waals surface area contributed by atoms with Gasteiger partial charge in [-0.25, -0.2) is 12.8 Å². The first-order chi connectivity index (χ1) is 9.83. The Kier molecular flexibility index (Phi) is 3.15. The molecule has 0 aliphatic carbocycles. The van der Waals surface area contributed by atoms with Crippen LogP contribution in [0.2, 0.25) is 0 Å². The van der Waals surface area contributed by atoms with Crippen molar-refractivity contribution in [3.63, 3.8) is 0 Å². The second kappa shape index (κ2) is 4.64. The van der Waals surface area contributed by atoms with Crippen molar-refractivity contribution in [2.24, 2.45) is 0 Å². The molecule has 1 heterocycles. The van der Waals surface area contributed by atoms with Gasteiger partial charge in [0.1, 0.15) is 11.4 Å². The first-order valence-corrected chi connectivity index (χ1v) is 8.30. The smallest absolute Gasteiger partial charge is 0.178 e. The fourth-order valence-corrected chi connectivity index (χ4v) is 4.52. The van der Waals surface area contributed by atoms with Crippen LogP contribution in [0.3, 0.4) is 0 Å². The molecule has 0 spiro atoms. The molecule has 0 saturated heterocycles.